The molecule has 0 aliphatic carbocycles. The van der Waals surface area contributed by atoms with Crippen LogP contribution in [0.3, 0.4) is 0 Å². The quantitative estimate of drug-likeness (QED) is 0.258. The monoisotopic (exact) mass is 352 g/mol. The number of esters is 1. The molecule has 0 bridgehead atoms. The Morgan fingerprint density at radius 2 is 1.74 bits per heavy atom. The summed E-state index contributed by atoms with van der Waals surface area (Å²) in [4.78, 5) is 12.1. The topological polar surface area (TPSA) is 26.3 Å². The fourth-order valence-corrected chi connectivity index (χ4v) is 3.34. The molecule has 1 unspecified atom stereocenters. The highest BCUT2D eigenvalue weighted by Crippen LogP contribution is 2.26. The number of thioether (sulfide) groups is 1. The van der Waals surface area contributed by atoms with Crippen LogP contribution >= 0.6 is 11.8 Å². The average molecular weight is 353 g/mol. The van der Waals surface area contributed by atoms with Gasteiger partial charge in [-0.2, -0.15) is 0 Å². The normalized spacial score (nSPS) is 13.1. The molecule has 0 aromatic heterocycles. The van der Waals surface area contributed by atoms with Crippen LogP contribution < -0.4 is 0 Å². The maximum Gasteiger partial charge on any atom is 0.319 e. The first kappa shape index (κ1) is 22.7. The Hall–Kier alpha value is -0.320. The number of alkyl halides is 2. The van der Waals surface area contributed by atoms with Gasteiger partial charge >= 0.3 is 5.97 Å². The van der Waals surface area contributed by atoms with Gasteiger partial charge in [0.15, 0.2) is 0 Å². The second kappa shape index (κ2) is 14.1. The van der Waals surface area contributed by atoms with Crippen molar-refractivity contribution in [2.45, 2.75) is 96.2 Å². The highest BCUT2D eigenvalue weighted by atomic mass is 32.2. The lowest BCUT2D eigenvalue weighted by Gasteiger charge is -2.16. The second-order valence-electron chi connectivity index (χ2n) is 6.04. The fraction of sp³-hybridized carbons (Fsp3) is 0.944. The molecule has 0 aromatic carbocycles. The minimum Gasteiger partial charge on any atom is -0.465 e. The van der Waals surface area contributed by atoms with Crippen molar-refractivity contribution in [1.82, 2.24) is 0 Å². The zero-order valence-corrected chi connectivity index (χ0v) is 15.9. The molecule has 0 spiro atoms. The Morgan fingerprint density at radius 3 is 2.35 bits per heavy atom. The van der Waals surface area contributed by atoms with Crippen molar-refractivity contribution in [2.24, 2.45) is 0 Å². The van der Waals surface area contributed by atoms with E-state index in [9.17, 15) is 13.6 Å². The predicted molar refractivity (Wildman–Crippen MR) is 95.3 cm³/mol. The molecular formula is C18H34F2O2S. The Morgan fingerprint density at radius 1 is 1.04 bits per heavy atom. The molecule has 0 heterocycles. The summed E-state index contributed by atoms with van der Waals surface area (Å²) in [5.74, 6) is -1.91. The van der Waals surface area contributed by atoms with E-state index in [1.807, 2.05) is 0 Å². The molecule has 1 atom stereocenters. The summed E-state index contributed by atoms with van der Waals surface area (Å²) in [6, 6.07) is 0. The summed E-state index contributed by atoms with van der Waals surface area (Å²) in [6.45, 7) is 6.21. The molecular weight excluding hydrogens is 318 g/mol. The molecule has 0 N–H and O–H groups in total. The summed E-state index contributed by atoms with van der Waals surface area (Å²) in [5.41, 5.74) is 0. The molecule has 0 aliphatic rings. The first-order valence-electron chi connectivity index (χ1n) is 9.12. The van der Waals surface area contributed by atoms with Gasteiger partial charge in [0.2, 0.25) is 5.92 Å². The zero-order chi connectivity index (χ0) is 17.6. The summed E-state index contributed by atoms with van der Waals surface area (Å²) in [6.07, 6.45) is 7.08. The van der Waals surface area contributed by atoms with Crippen molar-refractivity contribution in [3.05, 3.63) is 0 Å². The third-order valence-corrected chi connectivity index (χ3v) is 5.20. The van der Waals surface area contributed by atoms with Gasteiger partial charge in [0.25, 0.3) is 0 Å². The molecule has 0 amide bonds. The van der Waals surface area contributed by atoms with Crippen molar-refractivity contribution >= 4 is 17.7 Å². The zero-order valence-electron chi connectivity index (χ0n) is 15.0. The van der Waals surface area contributed by atoms with Crippen molar-refractivity contribution in [3.63, 3.8) is 0 Å². The van der Waals surface area contributed by atoms with E-state index < -0.39 is 5.92 Å². The molecule has 0 rings (SSSR count). The Bertz CT molecular complexity index is 299. The van der Waals surface area contributed by atoms with Gasteiger partial charge < -0.3 is 4.74 Å². The van der Waals surface area contributed by atoms with Crippen LogP contribution in [0.4, 0.5) is 8.78 Å². The van der Waals surface area contributed by atoms with Crippen molar-refractivity contribution < 1.29 is 18.3 Å². The molecule has 138 valence electrons. The maximum atomic E-state index is 13.2. The maximum absolute atomic E-state index is 13.2. The van der Waals surface area contributed by atoms with E-state index in [1.54, 1.807) is 11.8 Å². The first-order chi connectivity index (χ1) is 11.0. The molecule has 0 aliphatic heterocycles. The Balaban J connectivity index is 4.07. The first-order valence-corrected chi connectivity index (χ1v) is 10.2. The molecule has 2 nitrogen and oxygen atoms in total. The molecule has 23 heavy (non-hydrogen) atoms. The number of ether oxygens (including phenoxy) is 1. The van der Waals surface area contributed by atoms with Gasteiger partial charge in [-0.3, -0.25) is 4.79 Å². The van der Waals surface area contributed by atoms with Gasteiger partial charge in [0.1, 0.15) is 5.25 Å². The number of unbranched alkanes of at least 4 members (excludes halogenated alkanes) is 4. The molecule has 0 saturated heterocycles. The van der Waals surface area contributed by atoms with Gasteiger partial charge in [-0.15, -0.1) is 11.8 Å². The minimum absolute atomic E-state index is 0.0501. The van der Waals surface area contributed by atoms with Crippen LogP contribution in [0.2, 0.25) is 0 Å². The highest BCUT2D eigenvalue weighted by Gasteiger charge is 2.25. The summed E-state index contributed by atoms with van der Waals surface area (Å²) in [5, 5.41) is -0.134. The number of hydrogen-bond donors (Lipinski definition) is 0. The number of carbonyl (C=O) groups excluding carboxylic acids is 1. The number of carbonyl (C=O) groups is 1. The Kier molecular flexibility index (Phi) is 13.9. The summed E-state index contributed by atoms with van der Waals surface area (Å²) >= 11 is 1.58. The van der Waals surface area contributed by atoms with Gasteiger partial charge in [-0.05, 0) is 31.4 Å². The standard InChI is InChI=1S/C18H34F2O2S/c1-4-7-9-12-16(17(21)22-14-8-5-2)23-15-11-10-13-18(19,20)6-3/h16H,4-15H2,1-3H3. The summed E-state index contributed by atoms with van der Waals surface area (Å²) < 4.78 is 31.7. The highest BCUT2D eigenvalue weighted by molar-refractivity contribution is 8.00. The van der Waals surface area contributed by atoms with Gasteiger partial charge in [0.05, 0.1) is 6.61 Å². The Labute approximate surface area is 145 Å². The minimum atomic E-state index is -2.54. The number of halogens is 2. The van der Waals surface area contributed by atoms with Crippen LogP contribution in [0.1, 0.15) is 85.0 Å². The fourth-order valence-electron chi connectivity index (χ4n) is 2.15. The smallest absolute Gasteiger partial charge is 0.319 e. The number of rotatable bonds is 15. The van der Waals surface area contributed by atoms with Crippen LogP contribution in [0.25, 0.3) is 0 Å². The molecule has 0 fully saturated rings. The van der Waals surface area contributed by atoms with Gasteiger partial charge in [-0.25, -0.2) is 8.78 Å². The van der Waals surface area contributed by atoms with E-state index in [2.05, 4.69) is 13.8 Å². The lowest BCUT2D eigenvalue weighted by atomic mass is 10.1. The second-order valence-corrected chi connectivity index (χ2v) is 7.35. The predicted octanol–water partition coefficient (Wildman–Crippen LogP) is 6.23. The van der Waals surface area contributed by atoms with E-state index in [0.29, 0.717) is 13.0 Å². The average Bonchev–Trinajstić information content (AvgIpc) is 2.53. The van der Waals surface area contributed by atoms with Crippen LogP contribution in [0.15, 0.2) is 0 Å². The lowest BCUT2D eigenvalue weighted by Crippen LogP contribution is -2.21. The van der Waals surface area contributed by atoms with Crippen molar-refractivity contribution in [1.29, 1.82) is 0 Å². The van der Waals surface area contributed by atoms with Crippen molar-refractivity contribution in [3.8, 4) is 0 Å². The SMILES string of the molecule is CCCCCC(SCCCCC(F)(F)CC)C(=O)OCCCC. The van der Waals surface area contributed by atoms with Gasteiger partial charge in [-0.1, -0.05) is 46.5 Å². The van der Waals surface area contributed by atoms with E-state index in [-0.39, 0.29) is 24.1 Å². The van der Waals surface area contributed by atoms with Crippen LogP contribution in [0, 0.1) is 0 Å². The largest absolute Gasteiger partial charge is 0.465 e. The third-order valence-electron chi connectivity index (χ3n) is 3.85. The molecule has 0 aromatic rings. The lowest BCUT2D eigenvalue weighted by molar-refractivity contribution is -0.143. The van der Waals surface area contributed by atoms with Gasteiger partial charge in [0, 0.05) is 12.8 Å². The van der Waals surface area contributed by atoms with E-state index in [0.717, 1.165) is 50.7 Å². The van der Waals surface area contributed by atoms with Crippen LogP contribution in [-0.2, 0) is 9.53 Å². The molecule has 5 heteroatoms. The molecule has 0 radical (unpaired) electrons. The number of hydrogen-bond acceptors (Lipinski definition) is 3. The third kappa shape index (κ3) is 12.7. The van der Waals surface area contributed by atoms with E-state index >= 15 is 0 Å². The summed E-state index contributed by atoms with van der Waals surface area (Å²) in [7, 11) is 0. The van der Waals surface area contributed by atoms with E-state index in [1.165, 1.54) is 6.92 Å². The van der Waals surface area contributed by atoms with Crippen molar-refractivity contribution in [2.75, 3.05) is 12.4 Å². The van der Waals surface area contributed by atoms with E-state index in [4.69, 9.17) is 4.74 Å². The van der Waals surface area contributed by atoms with Crippen LogP contribution in [-0.4, -0.2) is 29.5 Å². The molecule has 0 saturated carbocycles. The van der Waals surface area contributed by atoms with Crippen LogP contribution in [0.5, 0.6) is 0 Å².